The molecule has 2 heteroatoms. The molecule has 1 saturated carbocycles. The van der Waals surface area contributed by atoms with Crippen molar-refractivity contribution < 1.29 is 4.42 Å². The van der Waals surface area contributed by atoms with Crippen LogP contribution in [0, 0.1) is 5.41 Å². The van der Waals surface area contributed by atoms with Gasteiger partial charge in [0.1, 0.15) is 5.76 Å². The number of furan rings is 1. The highest BCUT2D eigenvalue weighted by Crippen LogP contribution is 2.32. The van der Waals surface area contributed by atoms with Crippen LogP contribution in [0.5, 0.6) is 0 Å². The SMILES string of the molecule is CCC(CC)(CNC1CC1)Cc1ccco1. The van der Waals surface area contributed by atoms with Gasteiger partial charge in [0.15, 0.2) is 0 Å². The summed E-state index contributed by atoms with van der Waals surface area (Å²) in [6.07, 6.45) is 7.99. The van der Waals surface area contributed by atoms with Crippen LogP contribution in [0.25, 0.3) is 0 Å². The zero-order chi connectivity index (χ0) is 11.4. The van der Waals surface area contributed by atoms with E-state index in [1.807, 2.05) is 6.07 Å². The van der Waals surface area contributed by atoms with Crippen molar-refractivity contribution in [1.29, 1.82) is 0 Å². The zero-order valence-corrected chi connectivity index (χ0v) is 10.5. The summed E-state index contributed by atoms with van der Waals surface area (Å²) in [6.45, 7) is 5.72. The van der Waals surface area contributed by atoms with Crippen molar-refractivity contribution >= 4 is 0 Å². The summed E-state index contributed by atoms with van der Waals surface area (Å²) < 4.78 is 5.49. The Bertz CT molecular complexity index is 297. The Morgan fingerprint density at radius 1 is 1.38 bits per heavy atom. The summed E-state index contributed by atoms with van der Waals surface area (Å²) in [5, 5.41) is 3.67. The van der Waals surface area contributed by atoms with Crippen molar-refractivity contribution in [3.05, 3.63) is 24.2 Å². The molecule has 1 aliphatic rings. The second-order valence-electron chi connectivity index (χ2n) is 5.12. The Morgan fingerprint density at radius 3 is 2.62 bits per heavy atom. The highest BCUT2D eigenvalue weighted by molar-refractivity contribution is 5.03. The molecule has 0 spiro atoms. The van der Waals surface area contributed by atoms with E-state index in [0.29, 0.717) is 5.41 Å². The number of hydrogen-bond donors (Lipinski definition) is 1. The van der Waals surface area contributed by atoms with E-state index in [0.717, 1.165) is 24.8 Å². The van der Waals surface area contributed by atoms with Crippen LogP contribution in [0.15, 0.2) is 22.8 Å². The minimum Gasteiger partial charge on any atom is -0.469 e. The van der Waals surface area contributed by atoms with Crippen molar-refractivity contribution in [2.75, 3.05) is 6.54 Å². The second kappa shape index (κ2) is 5.05. The fraction of sp³-hybridized carbons (Fsp3) is 0.714. The smallest absolute Gasteiger partial charge is 0.104 e. The van der Waals surface area contributed by atoms with Gasteiger partial charge in [0.2, 0.25) is 0 Å². The molecule has 1 fully saturated rings. The van der Waals surface area contributed by atoms with Crippen LogP contribution in [-0.4, -0.2) is 12.6 Å². The first kappa shape index (κ1) is 11.7. The first-order valence-electron chi connectivity index (χ1n) is 6.54. The quantitative estimate of drug-likeness (QED) is 0.763. The zero-order valence-electron chi connectivity index (χ0n) is 10.5. The summed E-state index contributed by atoms with van der Waals surface area (Å²) in [4.78, 5) is 0. The van der Waals surface area contributed by atoms with Crippen molar-refractivity contribution in [3.8, 4) is 0 Å². The molecule has 0 aliphatic heterocycles. The van der Waals surface area contributed by atoms with Gasteiger partial charge in [-0.2, -0.15) is 0 Å². The molecule has 2 nitrogen and oxygen atoms in total. The number of rotatable bonds is 7. The molecule has 90 valence electrons. The van der Waals surface area contributed by atoms with E-state index in [1.165, 1.54) is 25.7 Å². The van der Waals surface area contributed by atoms with E-state index >= 15 is 0 Å². The van der Waals surface area contributed by atoms with Gasteiger partial charge in [-0.3, -0.25) is 0 Å². The monoisotopic (exact) mass is 221 g/mol. The maximum Gasteiger partial charge on any atom is 0.104 e. The average molecular weight is 221 g/mol. The molecule has 0 aromatic carbocycles. The first-order valence-corrected chi connectivity index (χ1v) is 6.54. The van der Waals surface area contributed by atoms with Crippen LogP contribution in [-0.2, 0) is 6.42 Å². The fourth-order valence-corrected chi connectivity index (χ4v) is 2.24. The van der Waals surface area contributed by atoms with E-state index < -0.39 is 0 Å². The predicted molar refractivity (Wildman–Crippen MR) is 66.5 cm³/mol. The van der Waals surface area contributed by atoms with Gasteiger partial charge < -0.3 is 9.73 Å². The van der Waals surface area contributed by atoms with Crippen molar-refractivity contribution in [2.24, 2.45) is 5.41 Å². The average Bonchev–Trinajstić information content (AvgIpc) is 3.02. The van der Waals surface area contributed by atoms with Gasteiger partial charge >= 0.3 is 0 Å². The van der Waals surface area contributed by atoms with Crippen LogP contribution in [0.3, 0.4) is 0 Å². The first-order chi connectivity index (χ1) is 7.78. The molecule has 1 aromatic heterocycles. The maximum atomic E-state index is 5.49. The summed E-state index contributed by atoms with van der Waals surface area (Å²) in [5.74, 6) is 1.13. The molecule has 0 amide bonds. The Kier molecular flexibility index (Phi) is 3.70. The Labute approximate surface area is 98.4 Å². The van der Waals surface area contributed by atoms with E-state index in [9.17, 15) is 0 Å². The molecule has 1 aliphatic carbocycles. The molecule has 1 aromatic rings. The van der Waals surface area contributed by atoms with E-state index in [4.69, 9.17) is 4.42 Å². The van der Waals surface area contributed by atoms with Crippen LogP contribution < -0.4 is 5.32 Å². The molecule has 2 rings (SSSR count). The summed E-state index contributed by atoms with van der Waals surface area (Å²) in [7, 11) is 0. The standard InChI is InChI=1S/C14H23NO/c1-3-14(4-2,11-15-12-7-8-12)10-13-6-5-9-16-13/h5-6,9,12,15H,3-4,7-8,10-11H2,1-2H3. The molecule has 0 saturated heterocycles. The van der Waals surface area contributed by atoms with Crippen LogP contribution in [0.4, 0.5) is 0 Å². The van der Waals surface area contributed by atoms with Crippen LogP contribution >= 0.6 is 0 Å². The molecule has 1 heterocycles. The highest BCUT2D eigenvalue weighted by atomic mass is 16.3. The van der Waals surface area contributed by atoms with Gasteiger partial charge in [0, 0.05) is 19.0 Å². The Morgan fingerprint density at radius 2 is 2.12 bits per heavy atom. The third-order valence-electron chi connectivity index (χ3n) is 3.97. The topological polar surface area (TPSA) is 25.2 Å². The van der Waals surface area contributed by atoms with Crippen molar-refractivity contribution in [3.63, 3.8) is 0 Å². The molecule has 0 unspecified atom stereocenters. The normalized spacial score (nSPS) is 16.6. The van der Waals surface area contributed by atoms with Gasteiger partial charge in [-0.1, -0.05) is 13.8 Å². The van der Waals surface area contributed by atoms with Gasteiger partial charge in [-0.15, -0.1) is 0 Å². The molecule has 16 heavy (non-hydrogen) atoms. The third kappa shape index (κ3) is 2.88. The molecular formula is C14H23NO. The third-order valence-corrected chi connectivity index (χ3v) is 3.97. The van der Waals surface area contributed by atoms with E-state index in [-0.39, 0.29) is 0 Å². The van der Waals surface area contributed by atoms with Gasteiger partial charge in [-0.05, 0) is 43.2 Å². The fourth-order valence-electron chi connectivity index (χ4n) is 2.24. The lowest BCUT2D eigenvalue weighted by Crippen LogP contribution is -2.36. The predicted octanol–water partition coefficient (Wildman–Crippen LogP) is 3.38. The van der Waals surface area contributed by atoms with Gasteiger partial charge in [-0.25, -0.2) is 0 Å². The minimum atomic E-state index is 0.375. The summed E-state index contributed by atoms with van der Waals surface area (Å²) in [5.41, 5.74) is 0.375. The highest BCUT2D eigenvalue weighted by Gasteiger charge is 2.30. The van der Waals surface area contributed by atoms with Crippen LogP contribution in [0.1, 0.15) is 45.3 Å². The summed E-state index contributed by atoms with van der Waals surface area (Å²) in [6, 6.07) is 4.88. The van der Waals surface area contributed by atoms with Gasteiger partial charge in [0.05, 0.1) is 6.26 Å². The lowest BCUT2D eigenvalue weighted by Gasteiger charge is -2.31. The van der Waals surface area contributed by atoms with Crippen molar-refractivity contribution in [1.82, 2.24) is 5.32 Å². The number of hydrogen-bond acceptors (Lipinski definition) is 2. The molecule has 0 bridgehead atoms. The molecule has 0 radical (unpaired) electrons. The second-order valence-corrected chi connectivity index (χ2v) is 5.12. The summed E-state index contributed by atoms with van der Waals surface area (Å²) >= 11 is 0. The Hall–Kier alpha value is -0.760. The lowest BCUT2D eigenvalue weighted by molar-refractivity contribution is 0.229. The number of nitrogens with one attached hydrogen (secondary N) is 1. The molecule has 0 atom stereocenters. The van der Waals surface area contributed by atoms with E-state index in [1.54, 1.807) is 6.26 Å². The Balaban J connectivity index is 1.95. The van der Waals surface area contributed by atoms with Crippen LogP contribution in [0.2, 0.25) is 0 Å². The largest absolute Gasteiger partial charge is 0.469 e. The molecule has 1 N–H and O–H groups in total. The van der Waals surface area contributed by atoms with Gasteiger partial charge in [0.25, 0.3) is 0 Å². The minimum absolute atomic E-state index is 0.375. The van der Waals surface area contributed by atoms with E-state index in [2.05, 4.69) is 25.2 Å². The maximum absolute atomic E-state index is 5.49. The lowest BCUT2D eigenvalue weighted by atomic mass is 9.78. The van der Waals surface area contributed by atoms with Crippen molar-refractivity contribution in [2.45, 2.75) is 52.0 Å². The molecular weight excluding hydrogens is 198 g/mol.